The van der Waals surface area contributed by atoms with Crippen molar-refractivity contribution in [1.29, 1.82) is 0 Å². The van der Waals surface area contributed by atoms with Crippen LogP contribution in [0.3, 0.4) is 0 Å². The molecule has 1 unspecified atom stereocenters. The van der Waals surface area contributed by atoms with E-state index in [0.29, 0.717) is 18.2 Å². The van der Waals surface area contributed by atoms with Gasteiger partial charge in [0.15, 0.2) is 0 Å². The smallest absolute Gasteiger partial charge is 0.394 e. The summed E-state index contributed by atoms with van der Waals surface area (Å²) in [6.07, 6.45) is -9.72. The summed E-state index contributed by atoms with van der Waals surface area (Å²) in [6, 6.07) is 3.04. The van der Waals surface area contributed by atoms with Crippen molar-refractivity contribution in [2.45, 2.75) is 49.4 Å². The Morgan fingerprint density at radius 3 is 2.09 bits per heavy atom. The summed E-state index contributed by atoms with van der Waals surface area (Å²) >= 11 is 0. The van der Waals surface area contributed by atoms with E-state index in [2.05, 4.69) is 10.6 Å². The number of anilines is 1. The minimum atomic E-state index is -4.79. The highest BCUT2D eigenvalue weighted by Gasteiger charge is 2.34. The van der Waals surface area contributed by atoms with Crippen LogP contribution in [0, 0.1) is 0 Å². The fourth-order valence-corrected chi connectivity index (χ4v) is 4.69. The largest absolute Gasteiger partial charge is 0.416 e. The van der Waals surface area contributed by atoms with Crippen molar-refractivity contribution >= 4 is 29.3 Å². The molecule has 4 atom stereocenters. The number of rotatable bonds is 12. The number of likely N-dealkylation sites (tertiary alicyclic amines) is 1. The lowest BCUT2D eigenvalue weighted by molar-refractivity contribution is -0.138. The maximum Gasteiger partial charge on any atom is 0.416 e. The minimum Gasteiger partial charge on any atom is -0.394 e. The maximum absolute atomic E-state index is 13.5. The van der Waals surface area contributed by atoms with Gasteiger partial charge in [-0.15, -0.1) is 0 Å². The van der Waals surface area contributed by atoms with E-state index in [1.165, 1.54) is 4.90 Å². The van der Waals surface area contributed by atoms with E-state index in [-0.39, 0.29) is 49.6 Å². The van der Waals surface area contributed by atoms with Gasteiger partial charge in [0.2, 0.25) is 11.8 Å². The molecule has 0 aliphatic carbocycles. The first-order valence-electron chi connectivity index (χ1n) is 14.3. The van der Waals surface area contributed by atoms with Crippen LogP contribution in [0.4, 0.5) is 32.0 Å². The van der Waals surface area contributed by atoms with E-state index >= 15 is 0 Å². The van der Waals surface area contributed by atoms with Crippen molar-refractivity contribution in [2.24, 2.45) is 17.2 Å². The molecular weight excluding hydrogens is 640 g/mol. The van der Waals surface area contributed by atoms with Crippen molar-refractivity contribution in [1.82, 2.24) is 15.5 Å². The lowest BCUT2D eigenvalue weighted by Crippen LogP contribution is -2.55. The highest BCUT2D eigenvalue weighted by molar-refractivity contribution is 6.00. The molecule has 0 spiro atoms. The molecule has 18 heteroatoms. The van der Waals surface area contributed by atoms with Gasteiger partial charge in [-0.1, -0.05) is 6.07 Å². The first-order valence-corrected chi connectivity index (χ1v) is 14.3. The third kappa shape index (κ3) is 10.1. The minimum absolute atomic E-state index is 0.148. The van der Waals surface area contributed by atoms with Crippen molar-refractivity contribution in [3.63, 3.8) is 0 Å². The molecule has 1 saturated heterocycles. The van der Waals surface area contributed by atoms with E-state index in [4.69, 9.17) is 17.2 Å². The van der Waals surface area contributed by atoms with Crippen LogP contribution in [0.2, 0.25) is 0 Å². The highest BCUT2D eigenvalue weighted by Crippen LogP contribution is 2.32. The molecule has 3 rings (SSSR count). The third-order valence-corrected chi connectivity index (χ3v) is 7.41. The number of nitrogens with zero attached hydrogens (tertiary/aromatic N) is 2. The van der Waals surface area contributed by atoms with Gasteiger partial charge in [-0.25, -0.2) is 0 Å². The fraction of sp³-hybridized carbons (Fsp3) is 0.448. The average Bonchev–Trinajstić information content (AvgIpc) is 3.36. The number of aliphatic hydroxyl groups excluding tert-OH is 1. The molecule has 2 aromatic rings. The first-order chi connectivity index (χ1) is 21.9. The van der Waals surface area contributed by atoms with E-state index < -0.39 is 78.5 Å². The number of amides is 4. The monoisotopic (exact) mass is 675 g/mol. The Bertz CT molecular complexity index is 1410. The molecule has 0 radical (unpaired) electrons. The Kier molecular flexibility index (Phi) is 12.3. The number of nitrogens with one attached hydrogen (secondary N) is 2. The number of halogens is 6. The van der Waals surface area contributed by atoms with Crippen molar-refractivity contribution in [3.05, 3.63) is 65.2 Å². The number of alkyl halides is 6. The standard InChI is InChI=1S/C29H35F6N7O5/c30-28(31,32)17-6-4-16(5-7-17)25(45)39-10-11-42(19-3-1-2-18(12-19)29(33,34)35)27(47)23(15-43)40-26(46)20(36)8-9-24(44)41-13-21(37)22(38)14-41/h1-7,12,20-23,43H,8-11,13-15,36-38H2,(H,39,45)(H,40,46)/t20-,21-,22+,23?/m0/s1. The zero-order valence-corrected chi connectivity index (χ0v) is 24.9. The van der Waals surface area contributed by atoms with E-state index in [9.17, 15) is 50.6 Å². The zero-order valence-electron chi connectivity index (χ0n) is 24.9. The van der Waals surface area contributed by atoms with Crippen molar-refractivity contribution in [3.8, 4) is 0 Å². The van der Waals surface area contributed by atoms with Gasteiger partial charge in [0.05, 0.1) is 23.8 Å². The Morgan fingerprint density at radius 1 is 0.936 bits per heavy atom. The lowest BCUT2D eigenvalue weighted by Gasteiger charge is -2.28. The number of carbonyl (C=O) groups excluding carboxylic acids is 4. The number of carbonyl (C=O) groups is 4. The lowest BCUT2D eigenvalue weighted by atomic mass is 10.1. The number of hydrogen-bond acceptors (Lipinski definition) is 8. The second-order valence-corrected chi connectivity index (χ2v) is 10.9. The molecule has 0 aromatic heterocycles. The molecule has 9 N–H and O–H groups in total. The summed E-state index contributed by atoms with van der Waals surface area (Å²) in [6.45, 7) is -1.39. The van der Waals surface area contributed by atoms with Gasteiger partial charge in [-0.05, 0) is 48.9 Å². The van der Waals surface area contributed by atoms with Crippen LogP contribution >= 0.6 is 0 Å². The molecule has 1 heterocycles. The average molecular weight is 676 g/mol. The second-order valence-electron chi connectivity index (χ2n) is 10.9. The highest BCUT2D eigenvalue weighted by atomic mass is 19.4. The molecule has 1 fully saturated rings. The first kappa shape index (κ1) is 37.2. The topological polar surface area (TPSA) is 197 Å². The molecule has 47 heavy (non-hydrogen) atoms. The van der Waals surface area contributed by atoms with Crippen LogP contribution in [0.5, 0.6) is 0 Å². The molecule has 258 valence electrons. The number of benzene rings is 2. The molecular formula is C29H35F6N7O5. The van der Waals surface area contributed by atoms with Crippen molar-refractivity contribution < 1.29 is 50.6 Å². The normalized spacial score (nSPS) is 18.0. The van der Waals surface area contributed by atoms with Crippen LogP contribution in [0.25, 0.3) is 0 Å². The molecule has 0 saturated carbocycles. The third-order valence-electron chi connectivity index (χ3n) is 7.41. The molecule has 12 nitrogen and oxygen atoms in total. The van der Waals surface area contributed by atoms with Crippen LogP contribution in [0.1, 0.15) is 34.3 Å². The maximum atomic E-state index is 13.5. The summed E-state index contributed by atoms with van der Waals surface area (Å²) in [7, 11) is 0. The van der Waals surface area contributed by atoms with Gasteiger partial charge in [0, 0.05) is 55.9 Å². The Morgan fingerprint density at radius 2 is 1.53 bits per heavy atom. The quantitative estimate of drug-likeness (QED) is 0.176. The van der Waals surface area contributed by atoms with Gasteiger partial charge < -0.3 is 42.7 Å². The van der Waals surface area contributed by atoms with Crippen LogP contribution in [-0.2, 0) is 26.7 Å². The predicted molar refractivity (Wildman–Crippen MR) is 156 cm³/mol. The van der Waals surface area contributed by atoms with Gasteiger partial charge >= 0.3 is 12.4 Å². The summed E-state index contributed by atoms with van der Waals surface area (Å²) in [5.41, 5.74) is 15.0. The molecule has 0 bridgehead atoms. The summed E-state index contributed by atoms with van der Waals surface area (Å²) < 4.78 is 78.9. The fourth-order valence-electron chi connectivity index (χ4n) is 4.69. The Balaban J connectivity index is 1.70. The predicted octanol–water partition coefficient (Wildman–Crippen LogP) is 0.569. The van der Waals surface area contributed by atoms with E-state index in [1.807, 2.05) is 0 Å². The summed E-state index contributed by atoms with van der Waals surface area (Å²) in [5.74, 6) is -3.17. The zero-order chi connectivity index (χ0) is 35.1. The van der Waals surface area contributed by atoms with Crippen LogP contribution in [-0.4, -0.2) is 90.6 Å². The van der Waals surface area contributed by atoms with Gasteiger partial charge in [0.25, 0.3) is 11.8 Å². The summed E-state index contributed by atoms with van der Waals surface area (Å²) in [5, 5.41) is 14.6. The number of nitrogens with two attached hydrogens (primary N) is 3. The molecule has 1 aliphatic heterocycles. The molecule has 1 aliphatic rings. The SMILES string of the molecule is N[C@@H]1CN(C(=O)CC[C@H](N)C(=O)NC(CO)C(=O)N(CCNC(=O)c2ccc(C(F)(F)F)cc2)c2cccc(C(F)(F)F)c2)C[C@@H]1N. The van der Waals surface area contributed by atoms with Gasteiger partial charge in [-0.3, -0.25) is 19.2 Å². The molecule has 2 aromatic carbocycles. The van der Waals surface area contributed by atoms with E-state index in [0.717, 1.165) is 35.2 Å². The van der Waals surface area contributed by atoms with Crippen LogP contribution < -0.4 is 32.7 Å². The van der Waals surface area contributed by atoms with Crippen LogP contribution in [0.15, 0.2) is 48.5 Å². The van der Waals surface area contributed by atoms with Gasteiger partial charge in [-0.2, -0.15) is 26.3 Å². The summed E-state index contributed by atoms with van der Waals surface area (Å²) in [4.78, 5) is 53.5. The Labute approximate surface area is 265 Å². The number of hydrogen-bond donors (Lipinski definition) is 6. The number of aliphatic hydroxyl groups is 1. The second kappa shape index (κ2) is 15.6. The van der Waals surface area contributed by atoms with E-state index in [1.54, 1.807) is 0 Å². The van der Waals surface area contributed by atoms with Crippen molar-refractivity contribution in [2.75, 3.05) is 37.7 Å². The van der Waals surface area contributed by atoms with Gasteiger partial charge in [0.1, 0.15) is 6.04 Å². The Hall–Kier alpha value is -4.26. The molecule has 4 amide bonds.